The number of fused-ring (bicyclic) bond motifs is 2. The lowest BCUT2D eigenvalue weighted by Crippen LogP contribution is -2.56. The molecule has 0 aliphatic carbocycles. The summed E-state index contributed by atoms with van der Waals surface area (Å²) in [6.45, 7) is 12.2. The van der Waals surface area contributed by atoms with Crippen molar-refractivity contribution in [3.8, 4) is 5.88 Å². The lowest BCUT2D eigenvalue weighted by molar-refractivity contribution is -0.0836. The van der Waals surface area contributed by atoms with Gasteiger partial charge < -0.3 is 20.1 Å². The van der Waals surface area contributed by atoms with E-state index in [0.29, 0.717) is 53.1 Å². The number of rotatable bonds is 4. The van der Waals surface area contributed by atoms with Crippen molar-refractivity contribution < 1.29 is 9.47 Å². The Hall–Kier alpha value is -2.40. The molecule has 2 fully saturated rings. The highest BCUT2D eigenvalue weighted by molar-refractivity contribution is 6.33. The van der Waals surface area contributed by atoms with E-state index in [9.17, 15) is 0 Å². The average molecular weight is 386 g/mol. The van der Waals surface area contributed by atoms with Crippen molar-refractivity contribution in [1.82, 2.24) is 15.3 Å². The van der Waals surface area contributed by atoms with E-state index >= 15 is 0 Å². The fourth-order valence-corrected chi connectivity index (χ4v) is 3.77. The molecule has 0 radical (unpaired) electrons. The molecule has 2 N–H and O–H groups in total. The molecule has 2 unspecified atom stereocenters. The molecule has 0 spiro atoms. The second-order valence-corrected chi connectivity index (χ2v) is 7.26. The SMILES string of the molecule is [C-]#[N+]c1ccc(Nc2ncnc(OC3C4CNCC3COC4)c2C)c(Cl)c1. The van der Waals surface area contributed by atoms with Gasteiger partial charge >= 0.3 is 0 Å². The van der Waals surface area contributed by atoms with Gasteiger partial charge in [0.05, 0.1) is 36.1 Å². The van der Waals surface area contributed by atoms with Crippen molar-refractivity contribution in [2.75, 3.05) is 31.6 Å². The molecular weight excluding hydrogens is 366 g/mol. The fraction of sp³-hybridized carbons (Fsp3) is 0.421. The second kappa shape index (κ2) is 7.69. The molecule has 1 aromatic carbocycles. The van der Waals surface area contributed by atoms with Crippen molar-refractivity contribution in [2.24, 2.45) is 11.8 Å². The standard InChI is InChI=1S/C19H20ClN5O2/c1-11-18(25-16-4-3-14(21-2)5-15(16)20)23-10-24-19(11)27-17-12-6-22-7-13(17)9-26-8-12/h3-5,10,12-13,17,22H,6-9H2,1H3,(H,23,24,25). The summed E-state index contributed by atoms with van der Waals surface area (Å²) in [5, 5.41) is 7.12. The van der Waals surface area contributed by atoms with E-state index in [2.05, 4.69) is 25.4 Å². The lowest BCUT2D eigenvalue weighted by Gasteiger charge is -2.42. The van der Waals surface area contributed by atoms with Crippen molar-refractivity contribution >= 4 is 28.8 Å². The highest BCUT2D eigenvalue weighted by Gasteiger charge is 2.39. The summed E-state index contributed by atoms with van der Waals surface area (Å²) in [5.74, 6) is 1.84. The van der Waals surface area contributed by atoms with Crippen LogP contribution in [0, 0.1) is 25.3 Å². The first-order chi connectivity index (χ1) is 13.2. The van der Waals surface area contributed by atoms with Gasteiger partial charge in [0.25, 0.3) is 0 Å². The van der Waals surface area contributed by atoms with Crippen LogP contribution in [-0.4, -0.2) is 42.4 Å². The number of nitrogens with one attached hydrogen (secondary N) is 2. The molecule has 2 aliphatic rings. The molecular formula is C19H20ClN5O2. The van der Waals surface area contributed by atoms with Gasteiger partial charge in [-0.3, -0.25) is 0 Å². The monoisotopic (exact) mass is 385 g/mol. The smallest absolute Gasteiger partial charge is 0.221 e. The number of anilines is 2. The zero-order valence-corrected chi connectivity index (χ0v) is 15.7. The predicted molar refractivity (Wildman–Crippen MR) is 103 cm³/mol. The maximum atomic E-state index is 7.07. The van der Waals surface area contributed by atoms with Gasteiger partial charge in [-0.05, 0) is 19.1 Å². The minimum atomic E-state index is 0.0861. The van der Waals surface area contributed by atoms with Gasteiger partial charge in [-0.15, -0.1) is 0 Å². The van der Waals surface area contributed by atoms with Gasteiger partial charge in [-0.25, -0.2) is 14.8 Å². The molecule has 2 atom stereocenters. The van der Waals surface area contributed by atoms with E-state index in [1.165, 1.54) is 6.33 Å². The van der Waals surface area contributed by atoms with Crippen molar-refractivity contribution in [3.05, 3.63) is 46.5 Å². The first-order valence-electron chi connectivity index (χ1n) is 8.86. The molecule has 27 heavy (non-hydrogen) atoms. The number of aromatic nitrogens is 2. The highest BCUT2D eigenvalue weighted by atomic mass is 35.5. The Morgan fingerprint density at radius 1 is 1.30 bits per heavy atom. The second-order valence-electron chi connectivity index (χ2n) is 6.85. The van der Waals surface area contributed by atoms with Gasteiger partial charge in [-0.2, -0.15) is 0 Å². The molecule has 4 rings (SSSR count). The number of halogens is 1. The molecule has 2 aromatic rings. The number of hydrogen-bond donors (Lipinski definition) is 2. The molecule has 2 aliphatic heterocycles. The van der Waals surface area contributed by atoms with Crippen molar-refractivity contribution in [1.29, 1.82) is 0 Å². The van der Waals surface area contributed by atoms with Crippen LogP contribution in [0.25, 0.3) is 4.85 Å². The number of benzene rings is 1. The molecule has 7 nitrogen and oxygen atoms in total. The Bertz CT molecular complexity index is 863. The summed E-state index contributed by atoms with van der Waals surface area (Å²) < 4.78 is 12.0. The zero-order valence-electron chi connectivity index (χ0n) is 14.9. The summed E-state index contributed by atoms with van der Waals surface area (Å²) in [4.78, 5) is 12.1. The quantitative estimate of drug-likeness (QED) is 0.786. The molecule has 140 valence electrons. The Balaban J connectivity index is 1.55. The van der Waals surface area contributed by atoms with Crippen LogP contribution in [-0.2, 0) is 4.74 Å². The molecule has 8 heteroatoms. The Kier molecular flexibility index (Phi) is 5.12. The number of piperidine rings is 1. The Labute approximate surface area is 162 Å². The molecule has 1 aromatic heterocycles. The minimum Gasteiger partial charge on any atom is -0.473 e. The number of nitrogens with zero attached hydrogens (tertiary/aromatic N) is 3. The Morgan fingerprint density at radius 3 is 2.78 bits per heavy atom. The Morgan fingerprint density at radius 2 is 2.07 bits per heavy atom. The van der Waals surface area contributed by atoms with E-state index in [1.54, 1.807) is 18.2 Å². The number of ether oxygens (including phenoxy) is 2. The third-order valence-corrected chi connectivity index (χ3v) is 5.34. The summed E-state index contributed by atoms with van der Waals surface area (Å²) in [6, 6.07) is 5.11. The van der Waals surface area contributed by atoms with Crippen LogP contribution in [0.15, 0.2) is 24.5 Å². The summed E-state index contributed by atoms with van der Waals surface area (Å²) in [6.07, 6.45) is 1.57. The summed E-state index contributed by atoms with van der Waals surface area (Å²) in [5.41, 5.74) is 2.00. The first kappa shape index (κ1) is 18.0. The molecule has 2 saturated heterocycles. The average Bonchev–Trinajstić information content (AvgIpc) is 2.66. The van der Waals surface area contributed by atoms with Gasteiger partial charge in [0.2, 0.25) is 5.88 Å². The van der Waals surface area contributed by atoms with Gasteiger partial charge in [0.1, 0.15) is 18.2 Å². The summed E-state index contributed by atoms with van der Waals surface area (Å²) in [7, 11) is 0. The van der Waals surface area contributed by atoms with Gasteiger partial charge in [-0.1, -0.05) is 17.7 Å². The highest BCUT2D eigenvalue weighted by Crippen LogP contribution is 2.33. The normalized spacial score (nSPS) is 24.1. The largest absolute Gasteiger partial charge is 0.473 e. The van der Waals surface area contributed by atoms with Crippen LogP contribution >= 0.6 is 11.6 Å². The predicted octanol–water partition coefficient (Wildman–Crippen LogP) is 3.35. The fourth-order valence-electron chi connectivity index (χ4n) is 3.55. The molecule has 2 bridgehead atoms. The van der Waals surface area contributed by atoms with E-state index in [0.717, 1.165) is 18.7 Å². The minimum absolute atomic E-state index is 0.0861. The van der Waals surface area contributed by atoms with E-state index < -0.39 is 0 Å². The topological polar surface area (TPSA) is 72.7 Å². The maximum Gasteiger partial charge on any atom is 0.221 e. The van der Waals surface area contributed by atoms with Crippen LogP contribution in [0.1, 0.15) is 5.56 Å². The van der Waals surface area contributed by atoms with E-state index in [1.807, 2.05) is 6.92 Å². The first-order valence-corrected chi connectivity index (χ1v) is 9.24. The molecule has 0 amide bonds. The van der Waals surface area contributed by atoms with E-state index in [4.69, 9.17) is 27.6 Å². The number of hydrogen-bond acceptors (Lipinski definition) is 6. The molecule has 0 saturated carbocycles. The van der Waals surface area contributed by atoms with Crippen LogP contribution < -0.4 is 15.4 Å². The third kappa shape index (κ3) is 3.69. The zero-order chi connectivity index (χ0) is 18.8. The van der Waals surface area contributed by atoms with Crippen LogP contribution in [0.2, 0.25) is 5.02 Å². The van der Waals surface area contributed by atoms with Crippen LogP contribution in [0.5, 0.6) is 5.88 Å². The molecule has 3 heterocycles. The van der Waals surface area contributed by atoms with Crippen LogP contribution in [0.4, 0.5) is 17.2 Å². The summed E-state index contributed by atoms with van der Waals surface area (Å²) >= 11 is 6.27. The van der Waals surface area contributed by atoms with Crippen LogP contribution in [0.3, 0.4) is 0 Å². The third-order valence-electron chi connectivity index (χ3n) is 5.03. The van der Waals surface area contributed by atoms with Crippen molar-refractivity contribution in [3.63, 3.8) is 0 Å². The maximum absolute atomic E-state index is 7.07. The van der Waals surface area contributed by atoms with Crippen molar-refractivity contribution in [2.45, 2.75) is 13.0 Å². The van der Waals surface area contributed by atoms with Gasteiger partial charge in [0, 0.05) is 24.9 Å². The lowest BCUT2D eigenvalue weighted by atomic mass is 9.86. The van der Waals surface area contributed by atoms with Gasteiger partial charge in [0.15, 0.2) is 5.69 Å². The van der Waals surface area contributed by atoms with E-state index in [-0.39, 0.29) is 6.10 Å².